The highest BCUT2D eigenvalue weighted by Crippen LogP contribution is 2.28. The molecule has 0 spiro atoms. The molecule has 0 aliphatic carbocycles. The van der Waals surface area contributed by atoms with Crippen molar-refractivity contribution in [1.82, 2.24) is 9.38 Å². The zero-order valence-electron chi connectivity index (χ0n) is 17.1. The predicted octanol–water partition coefficient (Wildman–Crippen LogP) is 4.34. The number of aryl methyl sites for hydroxylation is 2. The molecule has 0 radical (unpaired) electrons. The molecule has 0 fully saturated rings. The molecule has 2 aromatic carbocycles. The third-order valence-corrected chi connectivity index (χ3v) is 6.55. The molecule has 0 saturated heterocycles. The molecule has 0 unspecified atom stereocenters. The van der Waals surface area contributed by atoms with Crippen LogP contribution in [-0.4, -0.2) is 20.5 Å². The van der Waals surface area contributed by atoms with Crippen molar-refractivity contribution in [2.24, 2.45) is 0 Å². The number of hydrogen-bond donors (Lipinski definition) is 1. The molecule has 154 valence electrons. The first-order chi connectivity index (χ1) is 14.8. The van der Waals surface area contributed by atoms with Crippen molar-refractivity contribution in [1.29, 1.82) is 0 Å². The number of furan rings is 1. The molecule has 7 heteroatoms. The molecule has 6 nitrogen and oxygen atoms in total. The van der Waals surface area contributed by atoms with Crippen molar-refractivity contribution >= 4 is 39.4 Å². The summed E-state index contributed by atoms with van der Waals surface area (Å²) in [5.74, 6) is 0.0959. The van der Waals surface area contributed by atoms with Crippen molar-refractivity contribution in [3.05, 3.63) is 85.4 Å². The van der Waals surface area contributed by atoms with Gasteiger partial charge in [-0.05, 0) is 67.8 Å². The lowest BCUT2D eigenvalue weighted by Gasteiger charge is -2.05. The lowest BCUT2D eigenvalue weighted by Crippen LogP contribution is -2.22. The minimum absolute atomic E-state index is 0.132. The number of aromatic nitrogens is 2. The summed E-state index contributed by atoms with van der Waals surface area (Å²) in [5, 5.41) is 9.35. The van der Waals surface area contributed by atoms with Gasteiger partial charge in [-0.25, -0.2) is 14.2 Å². The Morgan fingerprint density at radius 1 is 1.13 bits per heavy atom. The van der Waals surface area contributed by atoms with Crippen molar-refractivity contribution in [2.45, 2.75) is 20.8 Å². The normalized spacial score (nSPS) is 12.3. The Bertz CT molecular complexity index is 1620. The Morgan fingerprint density at radius 2 is 1.90 bits per heavy atom. The average molecular weight is 430 g/mol. The number of fused-ring (bicyclic) bond motifs is 3. The topological polar surface area (TPSA) is 84.8 Å². The number of rotatable bonds is 3. The second-order valence-corrected chi connectivity index (χ2v) is 8.57. The molecular formula is C24H18N2O4S. The molecule has 3 aromatic heterocycles. The van der Waals surface area contributed by atoms with Gasteiger partial charge in [0.05, 0.1) is 16.6 Å². The van der Waals surface area contributed by atoms with E-state index in [0.717, 1.165) is 22.2 Å². The summed E-state index contributed by atoms with van der Waals surface area (Å²) >= 11 is 1.32. The van der Waals surface area contributed by atoms with E-state index in [2.05, 4.69) is 4.98 Å². The highest BCUT2D eigenvalue weighted by Gasteiger charge is 2.15. The van der Waals surface area contributed by atoms with Gasteiger partial charge in [0.2, 0.25) is 0 Å². The van der Waals surface area contributed by atoms with Crippen molar-refractivity contribution in [3.63, 3.8) is 0 Å². The van der Waals surface area contributed by atoms with Gasteiger partial charge in [-0.15, -0.1) is 0 Å². The van der Waals surface area contributed by atoms with Gasteiger partial charge in [0, 0.05) is 11.6 Å². The van der Waals surface area contributed by atoms with Gasteiger partial charge in [-0.1, -0.05) is 23.5 Å². The van der Waals surface area contributed by atoms with Crippen LogP contribution in [0.5, 0.6) is 0 Å². The van der Waals surface area contributed by atoms with Crippen LogP contribution in [0.1, 0.15) is 32.8 Å². The van der Waals surface area contributed by atoms with Crippen LogP contribution in [0.2, 0.25) is 0 Å². The van der Waals surface area contributed by atoms with E-state index in [4.69, 9.17) is 4.42 Å². The van der Waals surface area contributed by atoms with E-state index in [-0.39, 0.29) is 11.1 Å². The standard InChI is InChI=1S/C24H18N2O4S/c1-12-9-18-19(10-13(12)2)26-22(27)21(31-24(26)25-18)11-15-7-8-20(30-15)16-5-4-6-17(14(16)3)23(28)29/h4-11H,1-3H3,(H,28,29)/b21-11-. The summed E-state index contributed by atoms with van der Waals surface area (Å²) in [4.78, 5) is 29.7. The molecular weight excluding hydrogens is 412 g/mol. The fourth-order valence-electron chi connectivity index (χ4n) is 3.76. The van der Waals surface area contributed by atoms with Crippen LogP contribution in [0.3, 0.4) is 0 Å². The number of carboxylic acids is 1. The highest BCUT2D eigenvalue weighted by atomic mass is 32.1. The number of carboxylic acid groups (broad SMARTS) is 1. The van der Waals surface area contributed by atoms with Crippen LogP contribution in [-0.2, 0) is 0 Å². The van der Waals surface area contributed by atoms with E-state index in [1.165, 1.54) is 11.3 Å². The monoisotopic (exact) mass is 430 g/mol. The maximum Gasteiger partial charge on any atom is 0.335 e. The Kier molecular flexibility index (Phi) is 4.30. The zero-order valence-corrected chi connectivity index (χ0v) is 17.9. The van der Waals surface area contributed by atoms with Gasteiger partial charge in [-0.3, -0.25) is 4.79 Å². The van der Waals surface area contributed by atoms with Crippen molar-refractivity contribution in [3.8, 4) is 11.3 Å². The van der Waals surface area contributed by atoms with Gasteiger partial charge in [-0.2, -0.15) is 0 Å². The molecule has 5 aromatic rings. The van der Waals surface area contributed by atoms with E-state index in [1.54, 1.807) is 41.7 Å². The Hall–Kier alpha value is -3.71. The summed E-state index contributed by atoms with van der Waals surface area (Å²) in [6.07, 6.45) is 1.70. The Balaban J connectivity index is 1.61. The smallest absolute Gasteiger partial charge is 0.335 e. The number of nitrogens with zero attached hydrogens (tertiary/aromatic N) is 2. The minimum atomic E-state index is -0.978. The number of hydrogen-bond acceptors (Lipinski definition) is 5. The van der Waals surface area contributed by atoms with Crippen LogP contribution >= 0.6 is 11.3 Å². The van der Waals surface area contributed by atoms with Gasteiger partial charge in [0.25, 0.3) is 5.56 Å². The van der Waals surface area contributed by atoms with E-state index in [0.29, 0.717) is 32.1 Å². The van der Waals surface area contributed by atoms with Crippen LogP contribution in [0.25, 0.3) is 33.4 Å². The quantitative estimate of drug-likeness (QED) is 0.460. The highest BCUT2D eigenvalue weighted by molar-refractivity contribution is 7.15. The number of thiazole rings is 1. The van der Waals surface area contributed by atoms with Crippen LogP contribution in [0.15, 0.2) is 51.7 Å². The summed E-state index contributed by atoms with van der Waals surface area (Å²) in [6, 6.07) is 12.6. The first-order valence-electron chi connectivity index (χ1n) is 9.70. The summed E-state index contributed by atoms with van der Waals surface area (Å²) in [6.45, 7) is 5.80. The molecule has 1 N–H and O–H groups in total. The SMILES string of the molecule is Cc1cc2nc3s/c(=C\c4ccc(-c5cccc(C(=O)O)c5C)o4)c(=O)n3c2cc1C. The number of imidazole rings is 1. The largest absolute Gasteiger partial charge is 0.478 e. The van der Waals surface area contributed by atoms with E-state index in [9.17, 15) is 14.7 Å². The third kappa shape index (κ3) is 3.05. The lowest BCUT2D eigenvalue weighted by atomic mass is 10.0. The molecule has 0 bridgehead atoms. The average Bonchev–Trinajstić information content (AvgIpc) is 3.39. The van der Waals surface area contributed by atoms with Crippen LogP contribution < -0.4 is 10.1 Å². The van der Waals surface area contributed by atoms with E-state index in [1.807, 2.05) is 32.0 Å². The van der Waals surface area contributed by atoms with Gasteiger partial charge < -0.3 is 9.52 Å². The Labute approximate surface area is 180 Å². The maximum atomic E-state index is 13.0. The molecule has 0 amide bonds. The second-order valence-electron chi connectivity index (χ2n) is 7.56. The van der Waals surface area contributed by atoms with Crippen LogP contribution in [0, 0.1) is 20.8 Å². The summed E-state index contributed by atoms with van der Waals surface area (Å²) in [5.41, 5.74) is 5.31. The molecule has 3 heterocycles. The zero-order chi connectivity index (χ0) is 21.9. The second kappa shape index (κ2) is 6.92. The van der Waals surface area contributed by atoms with Gasteiger partial charge in [0.1, 0.15) is 16.1 Å². The number of aromatic carboxylic acids is 1. The fourth-order valence-corrected chi connectivity index (χ4v) is 4.72. The molecule has 0 aliphatic rings. The molecule has 5 rings (SSSR count). The molecule has 31 heavy (non-hydrogen) atoms. The first kappa shape index (κ1) is 19.3. The number of carbonyl (C=O) groups is 1. The van der Waals surface area contributed by atoms with Crippen LogP contribution in [0.4, 0.5) is 0 Å². The Morgan fingerprint density at radius 3 is 2.68 bits per heavy atom. The molecule has 0 aliphatic heterocycles. The van der Waals surface area contributed by atoms with Crippen molar-refractivity contribution in [2.75, 3.05) is 0 Å². The fraction of sp³-hybridized carbons (Fsp3) is 0.125. The summed E-state index contributed by atoms with van der Waals surface area (Å²) in [7, 11) is 0. The van der Waals surface area contributed by atoms with Gasteiger partial charge in [0.15, 0.2) is 4.96 Å². The molecule has 0 saturated carbocycles. The lowest BCUT2D eigenvalue weighted by molar-refractivity contribution is 0.0696. The van der Waals surface area contributed by atoms with Crippen molar-refractivity contribution < 1.29 is 14.3 Å². The first-order valence-corrected chi connectivity index (χ1v) is 10.5. The molecule has 0 atom stereocenters. The van der Waals surface area contributed by atoms with E-state index >= 15 is 0 Å². The third-order valence-electron chi connectivity index (χ3n) is 5.58. The number of benzene rings is 2. The van der Waals surface area contributed by atoms with Gasteiger partial charge >= 0.3 is 5.97 Å². The maximum absolute atomic E-state index is 13.0. The van der Waals surface area contributed by atoms with E-state index < -0.39 is 5.97 Å². The predicted molar refractivity (Wildman–Crippen MR) is 121 cm³/mol. The minimum Gasteiger partial charge on any atom is -0.478 e. The summed E-state index contributed by atoms with van der Waals surface area (Å²) < 4.78 is 8.10.